The zero-order valence-corrected chi connectivity index (χ0v) is 15.7. The fourth-order valence-electron chi connectivity index (χ4n) is 3.87. The first kappa shape index (κ1) is 18.7. The number of fused-ring (bicyclic) bond motifs is 1. The number of amidine groups is 1. The van der Waals surface area contributed by atoms with Gasteiger partial charge in [-0.15, -0.1) is 0 Å². The normalized spacial score (nSPS) is 12.7. The molecule has 5 nitrogen and oxygen atoms in total. The van der Waals surface area contributed by atoms with Crippen LogP contribution in [-0.2, 0) is 13.0 Å². The van der Waals surface area contributed by atoms with Crippen molar-refractivity contribution >= 4 is 17.5 Å². The Hall–Kier alpha value is -3.67. The predicted molar refractivity (Wildman–Crippen MR) is 111 cm³/mol. The van der Waals surface area contributed by atoms with Gasteiger partial charge in [0.05, 0.1) is 5.56 Å². The van der Waals surface area contributed by atoms with Crippen molar-refractivity contribution in [2.45, 2.75) is 13.0 Å². The Morgan fingerprint density at radius 3 is 2.66 bits per heavy atom. The van der Waals surface area contributed by atoms with Crippen LogP contribution < -0.4 is 10.6 Å². The number of nitrogens with one attached hydrogen (secondary N) is 1. The van der Waals surface area contributed by atoms with E-state index >= 15 is 0 Å². The Morgan fingerprint density at radius 1 is 1.10 bits per heavy atom. The lowest BCUT2D eigenvalue weighted by atomic mass is 9.95. The van der Waals surface area contributed by atoms with Crippen LogP contribution in [0.3, 0.4) is 0 Å². The monoisotopic (exact) mass is 389 g/mol. The molecule has 0 radical (unpaired) electrons. The van der Waals surface area contributed by atoms with Crippen molar-refractivity contribution in [2.24, 2.45) is 5.73 Å². The van der Waals surface area contributed by atoms with E-state index < -0.39 is 5.97 Å². The van der Waals surface area contributed by atoms with Gasteiger partial charge in [-0.05, 0) is 65.1 Å². The molecule has 0 aromatic heterocycles. The largest absolute Gasteiger partial charge is 0.478 e. The van der Waals surface area contributed by atoms with Gasteiger partial charge in [-0.3, -0.25) is 5.41 Å². The second kappa shape index (κ2) is 7.39. The van der Waals surface area contributed by atoms with Crippen molar-refractivity contribution in [2.75, 3.05) is 11.4 Å². The molecule has 4 N–H and O–H groups in total. The van der Waals surface area contributed by atoms with E-state index in [1.54, 1.807) is 30.3 Å². The van der Waals surface area contributed by atoms with Crippen LogP contribution in [0.25, 0.3) is 11.1 Å². The summed E-state index contributed by atoms with van der Waals surface area (Å²) in [6.07, 6.45) is 0.812. The first-order valence-electron chi connectivity index (χ1n) is 9.27. The number of nitrogens with zero attached hydrogens (tertiary/aromatic N) is 1. The molecule has 0 unspecified atom stereocenters. The van der Waals surface area contributed by atoms with Crippen LogP contribution >= 0.6 is 0 Å². The molecule has 0 bridgehead atoms. The summed E-state index contributed by atoms with van der Waals surface area (Å²) in [6, 6.07) is 16.9. The molecule has 0 fully saturated rings. The number of benzene rings is 3. The molecule has 0 saturated heterocycles. The van der Waals surface area contributed by atoms with Gasteiger partial charge in [-0.1, -0.05) is 24.3 Å². The minimum absolute atomic E-state index is 0.0314. The third-order valence-electron chi connectivity index (χ3n) is 5.26. The summed E-state index contributed by atoms with van der Waals surface area (Å²) < 4.78 is 14.1. The Kier molecular flexibility index (Phi) is 4.76. The number of carboxylic acids is 1. The number of hydrogen-bond acceptors (Lipinski definition) is 3. The van der Waals surface area contributed by atoms with Gasteiger partial charge in [0.15, 0.2) is 0 Å². The summed E-state index contributed by atoms with van der Waals surface area (Å²) in [5.41, 5.74) is 10.6. The molecular formula is C23H20FN3O2. The van der Waals surface area contributed by atoms with Crippen molar-refractivity contribution in [3.63, 3.8) is 0 Å². The number of carboxylic acid groups (broad SMARTS) is 1. The van der Waals surface area contributed by atoms with E-state index in [1.807, 2.05) is 18.2 Å². The summed E-state index contributed by atoms with van der Waals surface area (Å²) >= 11 is 0. The average molecular weight is 389 g/mol. The van der Waals surface area contributed by atoms with Crippen LogP contribution in [0.2, 0.25) is 0 Å². The Labute approximate surface area is 167 Å². The molecule has 0 aliphatic carbocycles. The quantitative estimate of drug-likeness (QED) is 0.454. The van der Waals surface area contributed by atoms with Gasteiger partial charge < -0.3 is 15.7 Å². The molecule has 0 spiro atoms. The van der Waals surface area contributed by atoms with Crippen LogP contribution in [0.1, 0.15) is 27.0 Å². The summed E-state index contributed by atoms with van der Waals surface area (Å²) in [6.45, 7) is 1.21. The molecule has 1 heterocycles. The first-order valence-corrected chi connectivity index (χ1v) is 9.27. The standard InChI is InChI=1S/C23H20FN3O2/c24-17-6-7-18(19-3-1-2-4-20(19)23(28)29)16(12-17)13-27-10-9-14-11-15(22(25)26)5-8-21(14)27/h1-8,11-12H,9-10,13H2,(H3,25,26)(H,28,29). The zero-order valence-electron chi connectivity index (χ0n) is 15.7. The topological polar surface area (TPSA) is 90.4 Å². The maximum absolute atomic E-state index is 14.1. The second-order valence-electron chi connectivity index (χ2n) is 7.08. The van der Waals surface area contributed by atoms with E-state index in [-0.39, 0.29) is 17.2 Å². The van der Waals surface area contributed by atoms with Gasteiger partial charge in [-0.2, -0.15) is 0 Å². The molecule has 29 heavy (non-hydrogen) atoms. The van der Waals surface area contributed by atoms with Crippen LogP contribution in [0, 0.1) is 11.2 Å². The molecule has 0 saturated carbocycles. The highest BCUT2D eigenvalue weighted by Crippen LogP contribution is 2.34. The van der Waals surface area contributed by atoms with E-state index in [1.165, 1.54) is 12.1 Å². The molecule has 0 atom stereocenters. The Morgan fingerprint density at radius 2 is 1.90 bits per heavy atom. The van der Waals surface area contributed by atoms with E-state index in [0.717, 1.165) is 29.8 Å². The van der Waals surface area contributed by atoms with Gasteiger partial charge in [0, 0.05) is 24.3 Å². The number of rotatable bonds is 5. The SMILES string of the molecule is N=C(N)c1ccc2c(c1)CCN2Cc1cc(F)ccc1-c1ccccc1C(=O)O. The number of aromatic carboxylic acids is 1. The smallest absolute Gasteiger partial charge is 0.336 e. The van der Waals surface area contributed by atoms with E-state index in [2.05, 4.69) is 4.90 Å². The van der Waals surface area contributed by atoms with Crippen molar-refractivity contribution in [3.8, 4) is 11.1 Å². The second-order valence-corrected chi connectivity index (χ2v) is 7.08. The lowest BCUT2D eigenvalue weighted by Gasteiger charge is -2.22. The number of hydrogen-bond donors (Lipinski definition) is 3. The van der Waals surface area contributed by atoms with Gasteiger partial charge in [0.2, 0.25) is 0 Å². The summed E-state index contributed by atoms with van der Waals surface area (Å²) in [5.74, 6) is -1.34. The lowest BCUT2D eigenvalue weighted by Crippen LogP contribution is -2.20. The average Bonchev–Trinajstić information content (AvgIpc) is 3.10. The number of nitrogens with two attached hydrogens (primary N) is 1. The van der Waals surface area contributed by atoms with Crippen LogP contribution in [0.15, 0.2) is 60.7 Å². The van der Waals surface area contributed by atoms with Crippen molar-refractivity contribution in [1.29, 1.82) is 5.41 Å². The highest BCUT2D eigenvalue weighted by molar-refractivity contribution is 5.97. The summed E-state index contributed by atoms with van der Waals surface area (Å²) in [4.78, 5) is 13.8. The van der Waals surface area contributed by atoms with E-state index in [0.29, 0.717) is 23.2 Å². The number of nitrogen functional groups attached to an aromatic ring is 1. The van der Waals surface area contributed by atoms with Gasteiger partial charge in [0.25, 0.3) is 0 Å². The number of carbonyl (C=O) groups is 1. The van der Waals surface area contributed by atoms with Gasteiger partial charge >= 0.3 is 5.97 Å². The summed E-state index contributed by atoms with van der Waals surface area (Å²) in [7, 11) is 0. The third kappa shape index (κ3) is 3.57. The maximum Gasteiger partial charge on any atom is 0.336 e. The molecular weight excluding hydrogens is 369 g/mol. The molecule has 3 aromatic rings. The number of anilines is 1. The molecule has 1 aliphatic heterocycles. The molecule has 6 heteroatoms. The minimum Gasteiger partial charge on any atom is -0.478 e. The van der Waals surface area contributed by atoms with Gasteiger partial charge in [-0.25, -0.2) is 9.18 Å². The predicted octanol–water partition coefficient (Wildman–Crippen LogP) is 4.04. The fourth-order valence-corrected chi connectivity index (χ4v) is 3.87. The highest BCUT2D eigenvalue weighted by Gasteiger charge is 2.22. The van der Waals surface area contributed by atoms with Crippen LogP contribution in [0.5, 0.6) is 0 Å². The molecule has 4 rings (SSSR count). The van der Waals surface area contributed by atoms with E-state index in [4.69, 9.17) is 11.1 Å². The molecule has 3 aromatic carbocycles. The first-order chi connectivity index (χ1) is 13.9. The lowest BCUT2D eigenvalue weighted by molar-refractivity contribution is 0.0697. The number of halogens is 1. The zero-order chi connectivity index (χ0) is 20.5. The fraction of sp³-hybridized carbons (Fsp3) is 0.130. The van der Waals surface area contributed by atoms with Crippen molar-refractivity contribution in [1.82, 2.24) is 0 Å². The highest BCUT2D eigenvalue weighted by atomic mass is 19.1. The third-order valence-corrected chi connectivity index (χ3v) is 5.26. The molecule has 1 aliphatic rings. The Balaban J connectivity index is 1.73. The maximum atomic E-state index is 14.1. The Bertz CT molecular complexity index is 1130. The van der Waals surface area contributed by atoms with Gasteiger partial charge in [0.1, 0.15) is 11.7 Å². The summed E-state index contributed by atoms with van der Waals surface area (Å²) in [5, 5.41) is 17.1. The molecule has 146 valence electrons. The van der Waals surface area contributed by atoms with Crippen molar-refractivity contribution < 1.29 is 14.3 Å². The van der Waals surface area contributed by atoms with Crippen LogP contribution in [-0.4, -0.2) is 23.5 Å². The molecule has 0 amide bonds. The minimum atomic E-state index is -1.01. The van der Waals surface area contributed by atoms with E-state index in [9.17, 15) is 14.3 Å². The van der Waals surface area contributed by atoms with Crippen LogP contribution in [0.4, 0.5) is 10.1 Å². The van der Waals surface area contributed by atoms with Crippen molar-refractivity contribution in [3.05, 3.63) is 88.7 Å².